The first-order valence-electron chi connectivity index (χ1n) is 7.89. The Morgan fingerprint density at radius 3 is 2.72 bits per heavy atom. The zero-order chi connectivity index (χ0) is 12.8. The summed E-state index contributed by atoms with van der Waals surface area (Å²) in [6.45, 7) is 9.32. The van der Waals surface area contributed by atoms with E-state index in [-0.39, 0.29) is 0 Å². The van der Waals surface area contributed by atoms with Gasteiger partial charge in [0.25, 0.3) is 0 Å². The fourth-order valence-corrected chi connectivity index (χ4v) is 3.28. The number of nitrogens with one attached hydrogen (secondary N) is 1. The summed E-state index contributed by atoms with van der Waals surface area (Å²) in [6, 6.07) is 1.24. The number of piperidine rings is 1. The first kappa shape index (κ1) is 14.3. The molecule has 3 nitrogen and oxygen atoms in total. The lowest BCUT2D eigenvalue weighted by Crippen LogP contribution is -2.50. The van der Waals surface area contributed by atoms with E-state index >= 15 is 0 Å². The third-order valence-electron chi connectivity index (χ3n) is 4.42. The summed E-state index contributed by atoms with van der Waals surface area (Å²) >= 11 is 0. The molecule has 0 aliphatic carbocycles. The van der Waals surface area contributed by atoms with E-state index in [4.69, 9.17) is 4.74 Å². The Bertz CT molecular complexity index is 229. The predicted molar refractivity (Wildman–Crippen MR) is 75.9 cm³/mol. The lowest BCUT2D eigenvalue weighted by atomic mass is 9.95. The summed E-state index contributed by atoms with van der Waals surface area (Å²) in [6.07, 6.45) is 8.10. The molecule has 2 heterocycles. The van der Waals surface area contributed by atoms with Crippen LogP contribution in [-0.4, -0.2) is 49.3 Å². The highest BCUT2D eigenvalue weighted by Crippen LogP contribution is 2.19. The van der Waals surface area contributed by atoms with Crippen LogP contribution in [0.15, 0.2) is 0 Å². The van der Waals surface area contributed by atoms with E-state index in [0.29, 0.717) is 18.2 Å². The largest absolute Gasteiger partial charge is 0.377 e. The maximum atomic E-state index is 6.11. The summed E-state index contributed by atoms with van der Waals surface area (Å²) in [5, 5.41) is 3.66. The molecule has 2 fully saturated rings. The SMILES string of the molecule is CCC1NC(C)CCC1OCCCN1CCCC1. The van der Waals surface area contributed by atoms with Gasteiger partial charge in [-0.05, 0) is 58.5 Å². The standard InChI is InChI=1S/C15H30N2O/c1-3-14-15(8-7-13(2)16-14)18-12-6-11-17-9-4-5-10-17/h13-16H,3-12H2,1-2H3. The molecule has 1 N–H and O–H groups in total. The minimum absolute atomic E-state index is 0.449. The van der Waals surface area contributed by atoms with E-state index in [1.165, 1.54) is 58.2 Å². The van der Waals surface area contributed by atoms with Gasteiger partial charge in [-0.1, -0.05) is 6.92 Å². The van der Waals surface area contributed by atoms with E-state index in [1.807, 2.05) is 0 Å². The van der Waals surface area contributed by atoms with Crippen molar-refractivity contribution in [2.75, 3.05) is 26.2 Å². The Kier molecular flexibility index (Phi) is 5.93. The topological polar surface area (TPSA) is 24.5 Å². The van der Waals surface area contributed by atoms with Crippen LogP contribution in [0.5, 0.6) is 0 Å². The molecule has 0 saturated carbocycles. The average Bonchev–Trinajstić information content (AvgIpc) is 2.89. The highest BCUT2D eigenvalue weighted by Gasteiger charge is 2.27. The Hall–Kier alpha value is -0.120. The zero-order valence-corrected chi connectivity index (χ0v) is 12.2. The van der Waals surface area contributed by atoms with E-state index in [2.05, 4.69) is 24.1 Å². The van der Waals surface area contributed by atoms with Crippen LogP contribution < -0.4 is 5.32 Å². The summed E-state index contributed by atoms with van der Waals surface area (Å²) < 4.78 is 6.11. The monoisotopic (exact) mass is 254 g/mol. The smallest absolute Gasteiger partial charge is 0.0728 e. The third kappa shape index (κ3) is 4.22. The maximum Gasteiger partial charge on any atom is 0.0728 e. The van der Waals surface area contributed by atoms with Crippen LogP contribution in [-0.2, 0) is 4.74 Å². The number of nitrogens with zero attached hydrogens (tertiary/aromatic N) is 1. The Morgan fingerprint density at radius 1 is 1.22 bits per heavy atom. The third-order valence-corrected chi connectivity index (χ3v) is 4.42. The average molecular weight is 254 g/mol. The molecule has 106 valence electrons. The molecule has 0 spiro atoms. The lowest BCUT2D eigenvalue weighted by Gasteiger charge is -2.35. The van der Waals surface area contributed by atoms with Gasteiger partial charge in [-0.15, -0.1) is 0 Å². The molecular formula is C15H30N2O. The van der Waals surface area contributed by atoms with Crippen molar-refractivity contribution in [1.29, 1.82) is 0 Å². The highest BCUT2D eigenvalue weighted by molar-refractivity contribution is 4.85. The summed E-state index contributed by atoms with van der Waals surface area (Å²) in [4.78, 5) is 2.57. The van der Waals surface area contributed by atoms with Gasteiger partial charge in [0.1, 0.15) is 0 Å². The van der Waals surface area contributed by atoms with Crippen LogP contribution >= 0.6 is 0 Å². The van der Waals surface area contributed by atoms with Gasteiger partial charge in [0.2, 0.25) is 0 Å². The molecule has 2 saturated heterocycles. The molecule has 0 aromatic carbocycles. The van der Waals surface area contributed by atoms with E-state index in [0.717, 1.165) is 6.61 Å². The number of hydrogen-bond acceptors (Lipinski definition) is 3. The van der Waals surface area contributed by atoms with Gasteiger partial charge in [-0.25, -0.2) is 0 Å². The molecule has 18 heavy (non-hydrogen) atoms. The zero-order valence-electron chi connectivity index (χ0n) is 12.2. The van der Waals surface area contributed by atoms with Gasteiger partial charge in [-0.2, -0.15) is 0 Å². The summed E-state index contributed by atoms with van der Waals surface area (Å²) in [5.74, 6) is 0. The number of ether oxygens (including phenoxy) is 1. The van der Waals surface area contributed by atoms with Crippen molar-refractivity contribution >= 4 is 0 Å². The first-order chi connectivity index (χ1) is 8.79. The summed E-state index contributed by atoms with van der Waals surface area (Å²) in [5.41, 5.74) is 0. The Morgan fingerprint density at radius 2 is 2.00 bits per heavy atom. The van der Waals surface area contributed by atoms with Crippen LogP contribution in [0, 0.1) is 0 Å². The number of hydrogen-bond donors (Lipinski definition) is 1. The second-order valence-electron chi connectivity index (χ2n) is 5.97. The van der Waals surface area contributed by atoms with Crippen molar-refractivity contribution in [3.8, 4) is 0 Å². The molecule has 0 aromatic rings. The highest BCUT2D eigenvalue weighted by atomic mass is 16.5. The maximum absolute atomic E-state index is 6.11. The minimum Gasteiger partial charge on any atom is -0.377 e. The molecule has 0 radical (unpaired) electrons. The van der Waals surface area contributed by atoms with E-state index in [9.17, 15) is 0 Å². The quantitative estimate of drug-likeness (QED) is 0.737. The van der Waals surface area contributed by atoms with Crippen LogP contribution in [0.25, 0.3) is 0 Å². The van der Waals surface area contributed by atoms with E-state index < -0.39 is 0 Å². The van der Waals surface area contributed by atoms with Gasteiger partial charge < -0.3 is 15.0 Å². The Balaban J connectivity index is 1.59. The molecule has 2 rings (SSSR count). The minimum atomic E-state index is 0.449. The van der Waals surface area contributed by atoms with Crippen LogP contribution in [0.4, 0.5) is 0 Å². The lowest BCUT2D eigenvalue weighted by molar-refractivity contribution is -0.00347. The summed E-state index contributed by atoms with van der Waals surface area (Å²) in [7, 11) is 0. The Labute approximate surface area is 112 Å². The molecule has 0 amide bonds. The fourth-order valence-electron chi connectivity index (χ4n) is 3.28. The van der Waals surface area contributed by atoms with Crippen molar-refractivity contribution < 1.29 is 4.74 Å². The molecule has 3 heteroatoms. The molecule has 0 aromatic heterocycles. The van der Waals surface area contributed by atoms with Crippen molar-refractivity contribution in [3.05, 3.63) is 0 Å². The molecule has 0 bridgehead atoms. The predicted octanol–water partition coefficient (Wildman–Crippen LogP) is 2.41. The van der Waals surface area contributed by atoms with Crippen molar-refractivity contribution in [3.63, 3.8) is 0 Å². The molecule has 2 aliphatic heterocycles. The first-order valence-corrected chi connectivity index (χ1v) is 7.89. The van der Waals surface area contributed by atoms with Gasteiger partial charge in [0, 0.05) is 25.2 Å². The molecule has 3 atom stereocenters. The van der Waals surface area contributed by atoms with Crippen LogP contribution in [0.1, 0.15) is 52.4 Å². The van der Waals surface area contributed by atoms with Gasteiger partial charge >= 0.3 is 0 Å². The van der Waals surface area contributed by atoms with Crippen LogP contribution in [0.2, 0.25) is 0 Å². The number of likely N-dealkylation sites (tertiary alicyclic amines) is 1. The molecule has 2 aliphatic rings. The molecular weight excluding hydrogens is 224 g/mol. The van der Waals surface area contributed by atoms with Crippen LogP contribution in [0.3, 0.4) is 0 Å². The van der Waals surface area contributed by atoms with Crippen molar-refractivity contribution in [1.82, 2.24) is 10.2 Å². The van der Waals surface area contributed by atoms with E-state index in [1.54, 1.807) is 0 Å². The fraction of sp³-hybridized carbons (Fsp3) is 1.00. The van der Waals surface area contributed by atoms with Gasteiger partial charge in [0.15, 0.2) is 0 Å². The van der Waals surface area contributed by atoms with Gasteiger partial charge in [0.05, 0.1) is 6.10 Å². The number of rotatable bonds is 6. The van der Waals surface area contributed by atoms with Crippen molar-refractivity contribution in [2.45, 2.75) is 70.6 Å². The second kappa shape index (κ2) is 7.46. The molecule has 3 unspecified atom stereocenters. The van der Waals surface area contributed by atoms with Crippen molar-refractivity contribution in [2.24, 2.45) is 0 Å². The van der Waals surface area contributed by atoms with Gasteiger partial charge in [-0.3, -0.25) is 0 Å². The normalized spacial score (nSPS) is 34.0. The second-order valence-corrected chi connectivity index (χ2v) is 5.97.